The fraction of sp³-hybridized carbons (Fsp3) is 0.857. The Hall–Kier alpha value is 0.264. The van der Waals surface area contributed by atoms with Crippen LogP contribution < -0.4 is 0 Å². The van der Waals surface area contributed by atoms with Gasteiger partial charge in [0, 0.05) is 26.0 Å². The van der Waals surface area contributed by atoms with Gasteiger partial charge >= 0.3 is 0 Å². The molecular weight excluding hydrogens is 156 g/mol. The van der Waals surface area contributed by atoms with E-state index in [1.54, 1.807) is 0 Å². The molecule has 0 bridgehead atoms. The fourth-order valence-corrected chi connectivity index (χ4v) is 3.27. The van der Waals surface area contributed by atoms with Crippen molar-refractivity contribution in [3.8, 4) is 0 Å². The van der Waals surface area contributed by atoms with E-state index in [0.29, 0.717) is 14.9 Å². The normalized spacial score (nSPS) is 27.8. The van der Waals surface area contributed by atoms with E-state index >= 15 is 0 Å². The molecule has 0 radical (unpaired) electrons. The molecule has 0 aromatic carbocycles. The van der Waals surface area contributed by atoms with Crippen molar-refractivity contribution in [3.63, 3.8) is 0 Å². The molecule has 1 rings (SSSR count). The second-order valence-electron chi connectivity index (χ2n) is 2.74. The zero-order valence-electron chi connectivity index (χ0n) is 6.68. The van der Waals surface area contributed by atoms with Crippen molar-refractivity contribution in [3.05, 3.63) is 0 Å². The van der Waals surface area contributed by atoms with Gasteiger partial charge in [0.05, 0.1) is 5.73 Å². The Morgan fingerprint density at radius 2 is 2.50 bits per heavy atom. The van der Waals surface area contributed by atoms with E-state index in [0.717, 1.165) is 6.61 Å². The predicted octanol–water partition coefficient (Wildman–Crippen LogP) is -0.465. The first-order valence-corrected chi connectivity index (χ1v) is 6.96. The molecule has 1 aliphatic rings. The van der Waals surface area contributed by atoms with Crippen LogP contribution in [0.5, 0.6) is 0 Å². The van der Waals surface area contributed by atoms with Crippen molar-refractivity contribution in [1.29, 1.82) is 0 Å². The first-order chi connectivity index (χ1) is 4.93. The molecule has 10 heavy (non-hydrogen) atoms. The molecule has 0 spiro atoms. The molecule has 0 amide bonds. The lowest BCUT2D eigenvalue weighted by Crippen LogP contribution is -2.22. The summed E-state index contributed by atoms with van der Waals surface area (Å²) in [4.78, 5) is 0. The minimum atomic E-state index is 0.511. The third-order valence-electron chi connectivity index (χ3n) is 1.80. The van der Waals surface area contributed by atoms with Crippen LogP contribution in [0.4, 0.5) is 0 Å². The molecule has 3 heteroatoms. The van der Waals surface area contributed by atoms with E-state index in [2.05, 4.69) is 5.67 Å². The maximum atomic E-state index is 5.60. The third-order valence-corrected chi connectivity index (χ3v) is 4.91. The highest BCUT2D eigenvalue weighted by Gasteiger charge is 2.08. The van der Waals surface area contributed by atoms with Crippen molar-refractivity contribution in [2.45, 2.75) is 31.0 Å². The Bertz CT molecular complexity index is 108. The Morgan fingerprint density at radius 3 is 3.10 bits per heavy atom. The van der Waals surface area contributed by atoms with Crippen molar-refractivity contribution in [2.24, 2.45) is 0 Å². The third kappa shape index (κ3) is 2.90. The van der Waals surface area contributed by atoms with Crippen LogP contribution in [0.15, 0.2) is 0 Å². The van der Waals surface area contributed by atoms with Crippen LogP contribution in [0.25, 0.3) is 0 Å². The minimum absolute atomic E-state index is 0.511. The molecule has 0 aromatic heterocycles. The van der Waals surface area contributed by atoms with Gasteiger partial charge in [-0.15, -0.1) is 5.67 Å². The van der Waals surface area contributed by atoms with Gasteiger partial charge in [0.1, 0.15) is 0 Å². The van der Waals surface area contributed by atoms with Crippen LogP contribution in [0.2, 0.25) is 6.04 Å². The number of hydrogen-bond donors (Lipinski definition) is 0. The fourth-order valence-electron chi connectivity index (χ4n) is 1.21. The van der Waals surface area contributed by atoms with Gasteiger partial charge in [0.15, 0.2) is 0 Å². The molecule has 0 N–H and O–H groups in total. The van der Waals surface area contributed by atoms with Gasteiger partial charge in [-0.25, -0.2) is 0 Å². The molecule has 1 saturated heterocycles. The van der Waals surface area contributed by atoms with Crippen molar-refractivity contribution < 1.29 is 4.74 Å². The quantitative estimate of drug-likeness (QED) is 0.512. The molecule has 1 heterocycles. The van der Waals surface area contributed by atoms with Gasteiger partial charge in [-0.1, -0.05) is 6.04 Å². The van der Waals surface area contributed by atoms with Gasteiger partial charge in [-0.3, -0.25) is 0 Å². The van der Waals surface area contributed by atoms with E-state index < -0.39 is 0 Å². The molecule has 1 atom stereocenters. The number of rotatable bonds is 2. The monoisotopic (exact) mass is 172 g/mol. The smallest absolute Gasteiger partial charge is 0.0590 e. The topological polar surface area (TPSA) is 9.23 Å². The first-order valence-electron chi connectivity index (χ1n) is 4.21. The molecule has 0 aliphatic carbocycles. The zero-order chi connectivity index (χ0) is 7.23. The minimum Gasteiger partial charge on any atom is -0.378 e. The molecule has 1 aliphatic heterocycles. The largest absolute Gasteiger partial charge is 0.378 e. The summed E-state index contributed by atoms with van der Waals surface area (Å²) in [7, 11) is 1.84. The maximum absolute atomic E-state index is 5.60. The molecule has 1 nitrogen and oxygen atoms in total. The Balaban J connectivity index is 2.19. The Kier molecular flexibility index (Phi) is 4.17. The molecular formula is C7H16OSi2. The van der Waals surface area contributed by atoms with Crippen molar-refractivity contribution >= 4 is 25.0 Å². The molecule has 58 valence electrons. The highest BCUT2D eigenvalue weighted by molar-refractivity contribution is 6.51. The second kappa shape index (κ2) is 4.99. The summed E-state index contributed by atoms with van der Waals surface area (Å²) < 4.78 is 5.60. The number of hydrogen-bond acceptors (Lipinski definition) is 1. The summed E-state index contributed by atoms with van der Waals surface area (Å²) in [5, 5.41) is 0. The highest BCUT2D eigenvalue weighted by atomic mass is 28.2. The molecule has 0 saturated carbocycles. The summed E-state index contributed by atoms with van der Waals surface area (Å²) in [6, 6.07) is 1.36. The number of ether oxygens (including phenoxy) is 1. The van der Waals surface area contributed by atoms with E-state index in [9.17, 15) is 0 Å². The van der Waals surface area contributed by atoms with E-state index in [-0.39, 0.29) is 0 Å². The summed E-state index contributed by atoms with van der Waals surface area (Å²) >= 11 is 0. The van der Waals surface area contributed by atoms with E-state index in [1.165, 1.54) is 35.5 Å². The van der Waals surface area contributed by atoms with Crippen LogP contribution in [0.3, 0.4) is 0 Å². The standard InChI is InChI=1S/C7H16OSi2/c9-5-6-10-7-3-1-2-4-8-7/h6-7,10H,1-5H2,9H3. The first kappa shape index (κ1) is 8.36. The average Bonchev–Trinajstić information content (AvgIpc) is 2.03. The van der Waals surface area contributed by atoms with E-state index in [4.69, 9.17) is 4.74 Å². The maximum Gasteiger partial charge on any atom is 0.0590 e. The lowest BCUT2D eigenvalue weighted by Gasteiger charge is -2.18. The summed E-state index contributed by atoms with van der Waals surface area (Å²) in [5.74, 6) is 0. The van der Waals surface area contributed by atoms with Crippen LogP contribution >= 0.6 is 0 Å². The van der Waals surface area contributed by atoms with Crippen molar-refractivity contribution in [1.82, 2.24) is 0 Å². The van der Waals surface area contributed by atoms with Gasteiger partial charge in [-0.05, 0) is 19.3 Å². The SMILES string of the molecule is [SiH3]CC=[SiH]C1CCCCO1. The van der Waals surface area contributed by atoms with E-state index in [1.807, 2.05) is 0 Å². The van der Waals surface area contributed by atoms with Gasteiger partial charge in [-0.2, -0.15) is 0 Å². The molecule has 1 fully saturated rings. The van der Waals surface area contributed by atoms with Crippen LogP contribution in [-0.4, -0.2) is 37.4 Å². The van der Waals surface area contributed by atoms with Gasteiger partial charge in [0.2, 0.25) is 0 Å². The van der Waals surface area contributed by atoms with Crippen LogP contribution in [0.1, 0.15) is 19.3 Å². The molecule has 0 aromatic rings. The zero-order valence-corrected chi connectivity index (χ0v) is 9.83. The van der Waals surface area contributed by atoms with Crippen molar-refractivity contribution in [2.75, 3.05) is 6.61 Å². The molecule has 1 unspecified atom stereocenters. The highest BCUT2D eigenvalue weighted by Crippen LogP contribution is 2.09. The van der Waals surface area contributed by atoms with Gasteiger partial charge in [0.25, 0.3) is 0 Å². The summed E-state index contributed by atoms with van der Waals surface area (Å²) in [5.41, 5.74) is 3.12. The Morgan fingerprint density at radius 1 is 1.60 bits per heavy atom. The second-order valence-corrected chi connectivity index (χ2v) is 5.16. The summed E-state index contributed by atoms with van der Waals surface area (Å²) in [6.07, 6.45) is 4.01. The lowest BCUT2D eigenvalue weighted by atomic mass is 10.2. The van der Waals surface area contributed by atoms with Gasteiger partial charge < -0.3 is 4.74 Å². The summed E-state index contributed by atoms with van der Waals surface area (Å²) in [6.45, 7) is 1.02. The van der Waals surface area contributed by atoms with Crippen LogP contribution in [0, 0.1) is 0 Å². The average molecular weight is 172 g/mol. The lowest BCUT2D eigenvalue weighted by molar-refractivity contribution is 0.0669. The predicted molar refractivity (Wildman–Crippen MR) is 51.6 cm³/mol. The Labute approximate surface area is 68.0 Å². The van der Waals surface area contributed by atoms with Crippen LogP contribution in [-0.2, 0) is 4.74 Å².